The first-order valence-corrected chi connectivity index (χ1v) is 7.16. The summed E-state index contributed by atoms with van der Waals surface area (Å²) < 4.78 is 25.9. The smallest absolute Gasteiger partial charge is 0.304 e. The van der Waals surface area contributed by atoms with Crippen LogP contribution in [0.15, 0.2) is 12.1 Å². The molecule has 1 aromatic rings. The zero-order valence-corrected chi connectivity index (χ0v) is 11.5. The van der Waals surface area contributed by atoms with Crippen LogP contribution in [0, 0.1) is 20.8 Å². The van der Waals surface area contributed by atoms with Crippen LogP contribution in [-0.2, 0) is 14.8 Å². The number of aliphatic carboxylic acids is 1. The lowest BCUT2D eigenvalue weighted by molar-refractivity contribution is -0.136. The molecule has 0 fully saturated rings. The third kappa shape index (κ3) is 4.03. The molecule has 0 radical (unpaired) electrons. The maximum Gasteiger partial charge on any atom is 0.304 e. The Kier molecular flexibility index (Phi) is 4.34. The summed E-state index contributed by atoms with van der Waals surface area (Å²) in [5.74, 6) is -1.55. The fourth-order valence-electron chi connectivity index (χ4n) is 1.77. The summed E-state index contributed by atoms with van der Waals surface area (Å²) in [5.41, 5.74) is 3.24. The van der Waals surface area contributed by atoms with E-state index in [2.05, 4.69) is 4.72 Å². The summed E-state index contributed by atoms with van der Waals surface area (Å²) in [4.78, 5) is 10.4. The van der Waals surface area contributed by atoms with Gasteiger partial charge in [0.25, 0.3) is 0 Å². The normalized spacial score (nSPS) is 11.3. The van der Waals surface area contributed by atoms with Gasteiger partial charge in [-0.05, 0) is 31.9 Å². The molecule has 0 atom stereocenters. The van der Waals surface area contributed by atoms with Gasteiger partial charge in [-0.25, -0.2) is 8.42 Å². The van der Waals surface area contributed by atoms with E-state index in [1.807, 2.05) is 32.9 Å². The largest absolute Gasteiger partial charge is 0.481 e. The third-order valence-electron chi connectivity index (χ3n) is 2.52. The molecule has 0 saturated carbocycles. The number of anilines is 1. The number of carboxylic acids is 1. The Morgan fingerprint density at radius 1 is 1.22 bits per heavy atom. The third-order valence-corrected chi connectivity index (χ3v) is 3.78. The summed E-state index contributed by atoms with van der Waals surface area (Å²) in [5, 5.41) is 8.50. The average Bonchev–Trinajstić information content (AvgIpc) is 2.21. The molecule has 1 aromatic carbocycles. The van der Waals surface area contributed by atoms with E-state index in [-0.39, 0.29) is 0 Å². The van der Waals surface area contributed by atoms with Crippen LogP contribution in [0.4, 0.5) is 5.69 Å². The quantitative estimate of drug-likeness (QED) is 0.855. The number of aryl methyl sites for hydroxylation is 3. The first-order chi connectivity index (χ1) is 8.21. The van der Waals surface area contributed by atoms with E-state index in [4.69, 9.17) is 5.11 Å². The Hall–Kier alpha value is -1.56. The number of hydrogen-bond acceptors (Lipinski definition) is 3. The molecule has 5 nitrogen and oxygen atoms in total. The van der Waals surface area contributed by atoms with Crippen molar-refractivity contribution in [2.45, 2.75) is 27.2 Å². The van der Waals surface area contributed by atoms with Gasteiger partial charge in [0, 0.05) is 0 Å². The molecule has 100 valence electrons. The SMILES string of the molecule is Cc1cc(C)c(NS(=O)(=O)CCC(=O)O)c(C)c1. The summed E-state index contributed by atoms with van der Waals surface area (Å²) in [6, 6.07) is 3.75. The molecule has 1 rings (SSSR count). The van der Waals surface area contributed by atoms with Crippen LogP contribution in [-0.4, -0.2) is 25.2 Å². The molecule has 6 heteroatoms. The molecule has 18 heavy (non-hydrogen) atoms. The lowest BCUT2D eigenvalue weighted by atomic mass is 10.1. The standard InChI is InChI=1S/C12H17NO4S/c1-8-6-9(2)12(10(3)7-8)13-18(16,17)5-4-11(14)15/h6-7,13H,4-5H2,1-3H3,(H,14,15). The number of carboxylic acid groups (broad SMARTS) is 1. The van der Waals surface area contributed by atoms with Crippen molar-refractivity contribution in [3.8, 4) is 0 Å². The van der Waals surface area contributed by atoms with E-state index < -0.39 is 28.2 Å². The maximum absolute atomic E-state index is 11.7. The van der Waals surface area contributed by atoms with E-state index in [1.165, 1.54) is 0 Å². The van der Waals surface area contributed by atoms with E-state index in [9.17, 15) is 13.2 Å². The Bertz CT molecular complexity index is 540. The topological polar surface area (TPSA) is 83.5 Å². The molecule has 0 unspecified atom stereocenters. The van der Waals surface area contributed by atoms with Crippen molar-refractivity contribution in [3.63, 3.8) is 0 Å². The van der Waals surface area contributed by atoms with E-state index in [0.717, 1.165) is 16.7 Å². The van der Waals surface area contributed by atoms with E-state index in [1.54, 1.807) is 0 Å². The number of sulfonamides is 1. The van der Waals surface area contributed by atoms with E-state index >= 15 is 0 Å². The van der Waals surface area contributed by atoms with Gasteiger partial charge in [-0.1, -0.05) is 17.7 Å². The van der Waals surface area contributed by atoms with Crippen molar-refractivity contribution in [2.24, 2.45) is 0 Å². The first kappa shape index (κ1) is 14.5. The minimum Gasteiger partial charge on any atom is -0.481 e. The molecule has 0 aliphatic rings. The Balaban J connectivity index is 2.94. The zero-order chi connectivity index (χ0) is 13.9. The second kappa shape index (κ2) is 5.39. The minimum absolute atomic E-state index is 0.403. The van der Waals surface area contributed by atoms with Gasteiger partial charge in [-0.15, -0.1) is 0 Å². The van der Waals surface area contributed by atoms with Crippen LogP contribution in [0.25, 0.3) is 0 Å². The number of rotatable bonds is 5. The number of carbonyl (C=O) groups is 1. The predicted molar refractivity (Wildman–Crippen MR) is 70.3 cm³/mol. The summed E-state index contributed by atoms with van der Waals surface area (Å²) in [6.07, 6.45) is -0.403. The fraction of sp³-hybridized carbons (Fsp3) is 0.417. The summed E-state index contributed by atoms with van der Waals surface area (Å²) >= 11 is 0. The molecule has 0 spiro atoms. The zero-order valence-electron chi connectivity index (χ0n) is 10.6. The molecule has 0 amide bonds. The molecular weight excluding hydrogens is 254 g/mol. The van der Waals surface area contributed by atoms with Gasteiger partial charge in [-0.3, -0.25) is 9.52 Å². The maximum atomic E-state index is 11.7. The molecule has 0 aliphatic heterocycles. The van der Waals surface area contributed by atoms with Crippen molar-refractivity contribution < 1.29 is 18.3 Å². The van der Waals surface area contributed by atoms with Crippen LogP contribution in [0.1, 0.15) is 23.1 Å². The highest BCUT2D eigenvalue weighted by Gasteiger charge is 2.15. The second-order valence-corrected chi connectivity index (χ2v) is 6.18. The molecule has 0 saturated heterocycles. The van der Waals surface area contributed by atoms with Gasteiger partial charge in [-0.2, -0.15) is 0 Å². The van der Waals surface area contributed by atoms with Gasteiger partial charge in [0.05, 0.1) is 17.9 Å². The van der Waals surface area contributed by atoms with Crippen LogP contribution >= 0.6 is 0 Å². The molecular formula is C12H17NO4S. The summed E-state index contributed by atoms with van der Waals surface area (Å²) in [7, 11) is -3.62. The molecule has 0 aliphatic carbocycles. The average molecular weight is 271 g/mol. The van der Waals surface area contributed by atoms with Crippen molar-refractivity contribution >= 4 is 21.7 Å². The van der Waals surface area contributed by atoms with Gasteiger partial charge in [0.15, 0.2) is 0 Å². The van der Waals surface area contributed by atoms with Crippen molar-refractivity contribution in [1.82, 2.24) is 0 Å². The highest BCUT2D eigenvalue weighted by molar-refractivity contribution is 7.92. The van der Waals surface area contributed by atoms with Gasteiger partial charge >= 0.3 is 5.97 Å². The lowest BCUT2D eigenvalue weighted by Gasteiger charge is -2.13. The van der Waals surface area contributed by atoms with Crippen molar-refractivity contribution in [1.29, 1.82) is 0 Å². The Labute approximate surface area is 107 Å². The molecule has 0 heterocycles. The van der Waals surface area contributed by atoms with Crippen LogP contribution in [0.3, 0.4) is 0 Å². The van der Waals surface area contributed by atoms with Gasteiger partial charge < -0.3 is 5.11 Å². The summed E-state index contributed by atoms with van der Waals surface area (Å²) in [6.45, 7) is 5.56. The van der Waals surface area contributed by atoms with Crippen LogP contribution in [0.5, 0.6) is 0 Å². The fourth-order valence-corrected chi connectivity index (χ4v) is 2.95. The van der Waals surface area contributed by atoms with Gasteiger partial charge in [0.2, 0.25) is 10.0 Å². The van der Waals surface area contributed by atoms with Crippen molar-refractivity contribution in [2.75, 3.05) is 10.5 Å². The molecule has 0 aromatic heterocycles. The van der Waals surface area contributed by atoms with Crippen LogP contribution < -0.4 is 4.72 Å². The molecule has 2 N–H and O–H groups in total. The van der Waals surface area contributed by atoms with Crippen LogP contribution in [0.2, 0.25) is 0 Å². The molecule has 0 bridgehead atoms. The Morgan fingerprint density at radius 3 is 2.17 bits per heavy atom. The number of benzene rings is 1. The second-order valence-electron chi connectivity index (χ2n) is 4.34. The highest BCUT2D eigenvalue weighted by atomic mass is 32.2. The highest BCUT2D eigenvalue weighted by Crippen LogP contribution is 2.23. The van der Waals surface area contributed by atoms with E-state index in [0.29, 0.717) is 5.69 Å². The number of hydrogen-bond donors (Lipinski definition) is 2. The first-order valence-electron chi connectivity index (χ1n) is 5.51. The lowest BCUT2D eigenvalue weighted by Crippen LogP contribution is -2.20. The monoisotopic (exact) mass is 271 g/mol. The van der Waals surface area contributed by atoms with Crippen molar-refractivity contribution in [3.05, 3.63) is 28.8 Å². The Morgan fingerprint density at radius 2 is 1.72 bits per heavy atom. The number of nitrogens with one attached hydrogen (secondary N) is 1. The minimum atomic E-state index is -3.62. The predicted octanol–water partition coefficient (Wildman–Crippen LogP) is 1.83. The van der Waals surface area contributed by atoms with Gasteiger partial charge in [0.1, 0.15) is 0 Å².